The number of hydrogen-bond acceptors (Lipinski definition) is 3. The number of aryl methyl sites for hydroxylation is 2. The topological polar surface area (TPSA) is 43.9 Å². The lowest BCUT2D eigenvalue weighted by Gasteiger charge is -1.98. The van der Waals surface area contributed by atoms with Gasteiger partial charge in [-0.05, 0) is 41.9 Å². The molecule has 2 aromatic rings. The zero-order valence-electron chi connectivity index (χ0n) is 7.99. The molecule has 0 spiro atoms. The van der Waals surface area contributed by atoms with Crippen LogP contribution in [0.25, 0.3) is 0 Å². The fraction of sp³-hybridized carbons (Fsp3) is 0.333. The van der Waals surface area contributed by atoms with Crippen LogP contribution in [-0.2, 0) is 6.54 Å². The maximum atomic E-state index is 5.38. The summed E-state index contributed by atoms with van der Waals surface area (Å²) in [5, 5.41) is 4.25. The molecule has 0 unspecified atom stereocenters. The van der Waals surface area contributed by atoms with Crippen LogP contribution in [0.4, 0.5) is 0 Å². The van der Waals surface area contributed by atoms with Gasteiger partial charge in [-0.1, -0.05) is 0 Å². The summed E-state index contributed by atoms with van der Waals surface area (Å²) < 4.78 is 7.94. The van der Waals surface area contributed by atoms with E-state index in [0.29, 0.717) is 6.54 Å². The summed E-state index contributed by atoms with van der Waals surface area (Å²) in [5.41, 5.74) is 0. The molecule has 2 heterocycles. The summed E-state index contributed by atoms with van der Waals surface area (Å²) >= 11 is 3.26. The van der Waals surface area contributed by atoms with Gasteiger partial charge in [0.05, 0.1) is 0 Å². The Labute approximate surface area is 90.1 Å². The molecule has 0 fully saturated rings. The van der Waals surface area contributed by atoms with Gasteiger partial charge in [0.25, 0.3) is 0 Å². The van der Waals surface area contributed by atoms with Gasteiger partial charge in [0, 0.05) is 0 Å². The van der Waals surface area contributed by atoms with E-state index in [0.717, 1.165) is 22.1 Å². The predicted molar refractivity (Wildman–Crippen MR) is 55.0 cm³/mol. The quantitative estimate of drug-likeness (QED) is 0.828. The Morgan fingerprint density at radius 2 is 2.21 bits per heavy atom. The molecule has 0 aliphatic carbocycles. The van der Waals surface area contributed by atoms with Crippen LogP contribution in [0.2, 0.25) is 0 Å². The zero-order valence-corrected chi connectivity index (χ0v) is 9.58. The molecule has 0 amide bonds. The van der Waals surface area contributed by atoms with Crippen LogP contribution in [0.15, 0.2) is 21.2 Å². The normalized spacial score (nSPS) is 10.8. The summed E-state index contributed by atoms with van der Waals surface area (Å²) in [6.45, 7) is 4.43. The average Bonchev–Trinajstić information content (AvgIpc) is 2.61. The van der Waals surface area contributed by atoms with Gasteiger partial charge in [-0.2, -0.15) is 5.10 Å². The van der Waals surface area contributed by atoms with Gasteiger partial charge in [-0.15, -0.1) is 0 Å². The van der Waals surface area contributed by atoms with E-state index in [1.165, 1.54) is 0 Å². The summed E-state index contributed by atoms with van der Waals surface area (Å²) in [5.74, 6) is 2.55. The molecule has 2 rings (SSSR count). The Bertz CT molecular complexity index is 447. The third kappa shape index (κ3) is 1.87. The molecule has 0 N–H and O–H groups in total. The van der Waals surface area contributed by atoms with E-state index < -0.39 is 0 Å². The van der Waals surface area contributed by atoms with Crippen LogP contribution in [0.3, 0.4) is 0 Å². The molecular formula is C9H10BrN3O. The summed E-state index contributed by atoms with van der Waals surface area (Å²) in [7, 11) is 0. The number of hydrogen-bond donors (Lipinski definition) is 0. The highest BCUT2D eigenvalue weighted by Crippen LogP contribution is 2.15. The van der Waals surface area contributed by atoms with Crippen LogP contribution in [0.1, 0.15) is 17.4 Å². The van der Waals surface area contributed by atoms with Crippen LogP contribution in [0, 0.1) is 13.8 Å². The largest absolute Gasteiger partial charge is 0.452 e. The first-order chi connectivity index (χ1) is 6.65. The average molecular weight is 256 g/mol. The van der Waals surface area contributed by atoms with Crippen molar-refractivity contribution >= 4 is 15.9 Å². The SMILES string of the molecule is Cc1nc(C)n(Cc2ccc(Br)o2)n1. The molecule has 0 saturated heterocycles. The second-order valence-corrected chi connectivity index (χ2v) is 3.85. The molecule has 0 atom stereocenters. The van der Waals surface area contributed by atoms with Crippen molar-refractivity contribution in [3.8, 4) is 0 Å². The van der Waals surface area contributed by atoms with Crippen molar-refractivity contribution in [1.29, 1.82) is 0 Å². The van der Waals surface area contributed by atoms with E-state index in [4.69, 9.17) is 4.42 Å². The summed E-state index contributed by atoms with van der Waals surface area (Å²) in [4.78, 5) is 4.21. The maximum Gasteiger partial charge on any atom is 0.169 e. The highest BCUT2D eigenvalue weighted by atomic mass is 79.9. The fourth-order valence-corrected chi connectivity index (χ4v) is 1.64. The van der Waals surface area contributed by atoms with Gasteiger partial charge < -0.3 is 4.42 Å². The molecule has 74 valence electrons. The zero-order chi connectivity index (χ0) is 10.1. The third-order valence-electron chi connectivity index (χ3n) is 1.90. The van der Waals surface area contributed by atoms with Crippen LogP contribution in [0.5, 0.6) is 0 Å². The molecule has 14 heavy (non-hydrogen) atoms. The Kier molecular flexibility index (Phi) is 2.41. The number of nitrogens with zero attached hydrogens (tertiary/aromatic N) is 3. The monoisotopic (exact) mass is 255 g/mol. The lowest BCUT2D eigenvalue weighted by molar-refractivity contribution is 0.458. The van der Waals surface area contributed by atoms with Crippen LogP contribution in [-0.4, -0.2) is 14.8 Å². The highest BCUT2D eigenvalue weighted by molar-refractivity contribution is 9.10. The van der Waals surface area contributed by atoms with E-state index in [-0.39, 0.29) is 0 Å². The van der Waals surface area contributed by atoms with Gasteiger partial charge >= 0.3 is 0 Å². The molecule has 0 aliphatic rings. The van der Waals surface area contributed by atoms with E-state index in [9.17, 15) is 0 Å². The van der Waals surface area contributed by atoms with E-state index >= 15 is 0 Å². The molecule has 0 aromatic carbocycles. The molecule has 5 heteroatoms. The van der Waals surface area contributed by atoms with Crippen molar-refractivity contribution < 1.29 is 4.42 Å². The highest BCUT2D eigenvalue weighted by Gasteiger charge is 2.05. The lowest BCUT2D eigenvalue weighted by atomic mass is 10.4. The van der Waals surface area contributed by atoms with Crippen molar-refractivity contribution in [2.24, 2.45) is 0 Å². The molecule has 4 nitrogen and oxygen atoms in total. The maximum absolute atomic E-state index is 5.38. The van der Waals surface area contributed by atoms with Crippen molar-refractivity contribution in [2.45, 2.75) is 20.4 Å². The second kappa shape index (κ2) is 3.57. The van der Waals surface area contributed by atoms with Crippen LogP contribution < -0.4 is 0 Å². The summed E-state index contributed by atoms with van der Waals surface area (Å²) in [6.07, 6.45) is 0. The predicted octanol–water partition coefficient (Wildman–Crippen LogP) is 2.30. The minimum atomic E-state index is 0.623. The first-order valence-corrected chi connectivity index (χ1v) is 5.07. The molecule has 0 radical (unpaired) electrons. The van der Waals surface area contributed by atoms with E-state index in [1.807, 2.05) is 30.7 Å². The van der Waals surface area contributed by atoms with E-state index in [2.05, 4.69) is 26.0 Å². The van der Waals surface area contributed by atoms with Gasteiger partial charge in [-0.25, -0.2) is 9.67 Å². The van der Waals surface area contributed by atoms with Gasteiger partial charge in [0.2, 0.25) is 0 Å². The lowest BCUT2D eigenvalue weighted by Crippen LogP contribution is -2.03. The number of furan rings is 1. The van der Waals surface area contributed by atoms with Crippen molar-refractivity contribution in [1.82, 2.24) is 14.8 Å². The Balaban J connectivity index is 2.22. The number of aromatic nitrogens is 3. The van der Waals surface area contributed by atoms with E-state index in [1.54, 1.807) is 0 Å². The minimum absolute atomic E-state index is 0.623. The number of rotatable bonds is 2. The standard InChI is InChI=1S/C9H10BrN3O/c1-6-11-7(2)13(12-6)5-8-3-4-9(10)14-8/h3-4H,5H2,1-2H3. The van der Waals surface area contributed by atoms with Crippen molar-refractivity contribution in [3.63, 3.8) is 0 Å². The van der Waals surface area contributed by atoms with Gasteiger partial charge in [-0.3, -0.25) is 0 Å². The molecule has 0 saturated carbocycles. The molecule has 0 aliphatic heterocycles. The second-order valence-electron chi connectivity index (χ2n) is 3.07. The first-order valence-electron chi connectivity index (χ1n) is 4.27. The van der Waals surface area contributed by atoms with Crippen LogP contribution >= 0.6 is 15.9 Å². The molecule has 0 bridgehead atoms. The summed E-state index contributed by atoms with van der Waals surface area (Å²) in [6, 6.07) is 3.79. The van der Waals surface area contributed by atoms with Crippen molar-refractivity contribution in [2.75, 3.05) is 0 Å². The van der Waals surface area contributed by atoms with Gasteiger partial charge in [0.15, 0.2) is 4.67 Å². The first kappa shape index (κ1) is 9.45. The Morgan fingerprint density at radius 1 is 1.43 bits per heavy atom. The Morgan fingerprint density at radius 3 is 2.71 bits per heavy atom. The third-order valence-corrected chi connectivity index (χ3v) is 2.32. The Hall–Kier alpha value is -1.10. The van der Waals surface area contributed by atoms with Gasteiger partial charge in [0.1, 0.15) is 24.0 Å². The molecule has 2 aromatic heterocycles. The fourth-order valence-electron chi connectivity index (χ4n) is 1.30. The number of halogens is 1. The minimum Gasteiger partial charge on any atom is -0.452 e. The smallest absolute Gasteiger partial charge is 0.169 e. The molecular weight excluding hydrogens is 246 g/mol. The van der Waals surface area contributed by atoms with Crippen molar-refractivity contribution in [3.05, 3.63) is 34.2 Å².